The van der Waals surface area contributed by atoms with Crippen molar-refractivity contribution < 1.29 is 14.6 Å². The number of likely N-dealkylation sites (tertiary alicyclic amines) is 2. The Kier molecular flexibility index (Phi) is 8.83. The van der Waals surface area contributed by atoms with E-state index in [1.807, 2.05) is 6.07 Å². The van der Waals surface area contributed by atoms with Gasteiger partial charge in [0, 0.05) is 37.9 Å². The predicted octanol–water partition coefficient (Wildman–Crippen LogP) is 5.49. The molecule has 3 heterocycles. The Balaban J connectivity index is 1.06. The van der Waals surface area contributed by atoms with Crippen molar-refractivity contribution in [1.29, 1.82) is 0 Å². The van der Waals surface area contributed by atoms with Gasteiger partial charge in [-0.2, -0.15) is 0 Å². The van der Waals surface area contributed by atoms with Crippen molar-refractivity contribution in [3.05, 3.63) is 71.8 Å². The second-order valence-corrected chi connectivity index (χ2v) is 12.6. The summed E-state index contributed by atoms with van der Waals surface area (Å²) in [6.45, 7) is 5.74. The zero-order chi connectivity index (χ0) is 27.3. The number of benzene rings is 2. The van der Waals surface area contributed by atoms with Gasteiger partial charge in [-0.25, -0.2) is 0 Å². The molecule has 1 saturated carbocycles. The zero-order valence-corrected chi connectivity index (χ0v) is 23.7. The Morgan fingerprint density at radius 2 is 1.62 bits per heavy atom. The molecule has 6 nitrogen and oxygen atoms in total. The molecule has 3 aliphatic heterocycles. The molecule has 6 heteroatoms. The van der Waals surface area contributed by atoms with Crippen LogP contribution in [0.15, 0.2) is 65.7 Å². The number of aliphatic carboxylic acids is 1. The lowest BCUT2D eigenvalue weighted by Gasteiger charge is -2.36. The van der Waals surface area contributed by atoms with Crippen molar-refractivity contribution in [2.45, 2.75) is 69.4 Å². The van der Waals surface area contributed by atoms with Crippen molar-refractivity contribution in [3.63, 3.8) is 0 Å². The summed E-state index contributed by atoms with van der Waals surface area (Å²) in [7, 11) is 0. The van der Waals surface area contributed by atoms with Crippen LogP contribution >= 0.6 is 0 Å². The first-order valence-corrected chi connectivity index (χ1v) is 15.6. The summed E-state index contributed by atoms with van der Waals surface area (Å²) in [6, 6.07) is 21.0. The van der Waals surface area contributed by atoms with Crippen molar-refractivity contribution in [1.82, 2.24) is 9.80 Å². The van der Waals surface area contributed by atoms with E-state index in [1.54, 1.807) is 0 Å². The van der Waals surface area contributed by atoms with Gasteiger partial charge in [-0.15, -0.1) is 0 Å². The molecule has 6 rings (SSSR count). The third kappa shape index (κ3) is 6.44. The maximum Gasteiger partial charge on any atom is 0.321 e. The predicted molar refractivity (Wildman–Crippen MR) is 159 cm³/mol. The molecule has 2 aromatic carbocycles. The van der Waals surface area contributed by atoms with E-state index >= 15 is 0 Å². The van der Waals surface area contributed by atoms with Gasteiger partial charge in [-0.3, -0.25) is 14.7 Å². The van der Waals surface area contributed by atoms with E-state index in [2.05, 4.69) is 64.4 Å². The monoisotopic (exact) mass is 543 g/mol. The maximum atomic E-state index is 12.5. The number of nitrogens with zero attached hydrogens (tertiary/aromatic N) is 3. The minimum absolute atomic E-state index is 0.215. The molecule has 2 saturated heterocycles. The molecule has 214 valence electrons. The van der Waals surface area contributed by atoms with E-state index in [4.69, 9.17) is 9.73 Å². The van der Waals surface area contributed by atoms with Gasteiger partial charge in [0.15, 0.2) is 5.90 Å². The SMILES string of the molecule is O=C(O)C(C1CCCCC1)N1CC(CN2CCC(C3CN=C(Cc4ccccc4)O3)CC2)C(c2ccccc2)C1. The van der Waals surface area contributed by atoms with Crippen LogP contribution in [0.4, 0.5) is 0 Å². The Hall–Kier alpha value is -2.70. The number of piperidine rings is 1. The molecule has 0 bridgehead atoms. The quantitative estimate of drug-likeness (QED) is 0.453. The van der Waals surface area contributed by atoms with Crippen LogP contribution in [-0.2, 0) is 16.0 Å². The smallest absolute Gasteiger partial charge is 0.321 e. The van der Waals surface area contributed by atoms with E-state index in [0.29, 0.717) is 17.8 Å². The lowest BCUT2D eigenvalue weighted by Crippen LogP contribution is -2.46. The van der Waals surface area contributed by atoms with Gasteiger partial charge in [0.25, 0.3) is 0 Å². The van der Waals surface area contributed by atoms with Gasteiger partial charge < -0.3 is 14.7 Å². The van der Waals surface area contributed by atoms with Crippen molar-refractivity contribution in [2.75, 3.05) is 39.3 Å². The molecule has 2 aromatic rings. The third-order valence-corrected chi connectivity index (χ3v) is 10.0. The fraction of sp³-hybridized carbons (Fsp3) is 0.588. The Labute approximate surface area is 239 Å². The van der Waals surface area contributed by atoms with Crippen molar-refractivity contribution >= 4 is 11.9 Å². The zero-order valence-electron chi connectivity index (χ0n) is 23.7. The summed E-state index contributed by atoms with van der Waals surface area (Å²) >= 11 is 0. The Morgan fingerprint density at radius 1 is 0.925 bits per heavy atom. The topological polar surface area (TPSA) is 65.4 Å². The first-order valence-electron chi connectivity index (χ1n) is 15.6. The number of ether oxygens (including phenoxy) is 1. The molecule has 0 amide bonds. The van der Waals surface area contributed by atoms with E-state index in [-0.39, 0.29) is 18.1 Å². The molecule has 0 radical (unpaired) electrons. The number of hydrogen-bond acceptors (Lipinski definition) is 5. The van der Waals surface area contributed by atoms with E-state index in [9.17, 15) is 9.90 Å². The number of carbonyl (C=O) groups is 1. The summed E-state index contributed by atoms with van der Waals surface area (Å²) in [5.74, 6) is 1.95. The van der Waals surface area contributed by atoms with Crippen LogP contribution in [0.25, 0.3) is 0 Å². The van der Waals surface area contributed by atoms with E-state index in [0.717, 1.165) is 77.3 Å². The largest absolute Gasteiger partial charge is 0.480 e. The van der Waals surface area contributed by atoms with Gasteiger partial charge in [-0.1, -0.05) is 79.9 Å². The molecule has 4 atom stereocenters. The highest BCUT2D eigenvalue weighted by Crippen LogP contribution is 2.39. The van der Waals surface area contributed by atoms with Gasteiger partial charge in [-0.05, 0) is 61.7 Å². The minimum atomic E-state index is -0.620. The molecule has 3 fully saturated rings. The van der Waals surface area contributed by atoms with E-state index in [1.165, 1.54) is 30.4 Å². The Bertz CT molecular complexity index is 1130. The molecule has 1 N–H and O–H groups in total. The maximum absolute atomic E-state index is 12.5. The molecular weight excluding hydrogens is 498 g/mol. The van der Waals surface area contributed by atoms with Gasteiger partial charge in [0.2, 0.25) is 0 Å². The highest BCUT2D eigenvalue weighted by molar-refractivity contribution is 5.80. The van der Waals surface area contributed by atoms with Crippen LogP contribution in [0.5, 0.6) is 0 Å². The fourth-order valence-electron chi connectivity index (χ4n) is 7.89. The normalized spacial score (nSPS) is 27.8. The lowest BCUT2D eigenvalue weighted by atomic mass is 9.83. The molecule has 40 heavy (non-hydrogen) atoms. The van der Waals surface area contributed by atoms with Crippen LogP contribution < -0.4 is 0 Å². The number of aliphatic imine (C=N–C) groups is 1. The van der Waals surface area contributed by atoms with Crippen LogP contribution in [0.3, 0.4) is 0 Å². The van der Waals surface area contributed by atoms with Gasteiger partial charge in [0.1, 0.15) is 12.1 Å². The summed E-state index contributed by atoms with van der Waals surface area (Å²) in [6.07, 6.45) is 9.00. The highest BCUT2D eigenvalue weighted by atomic mass is 16.5. The third-order valence-electron chi connectivity index (χ3n) is 10.0. The molecule has 0 aromatic heterocycles. The fourth-order valence-corrected chi connectivity index (χ4v) is 7.89. The number of hydrogen-bond donors (Lipinski definition) is 1. The standard InChI is InChI=1S/C34H45N3O3/c38-34(39)33(28-14-8-3-9-15-28)37-23-29(30(24-37)26-12-6-2-7-13-26)22-36-18-16-27(17-19-36)31-21-35-32(40-31)20-25-10-4-1-5-11-25/h1-2,4-7,10-13,27-31,33H,3,8-9,14-24H2,(H,38,39). The first-order chi connectivity index (χ1) is 19.6. The summed E-state index contributed by atoms with van der Waals surface area (Å²) in [4.78, 5) is 22.3. The first kappa shape index (κ1) is 27.5. The van der Waals surface area contributed by atoms with Crippen molar-refractivity contribution in [3.8, 4) is 0 Å². The average Bonchev–Trinajstić information content (AvgIpc) is 3.62. The lowest BCUT2D eigenvalue weighted by molar-refractivity contribution is -0.145. The second kappa shape index (κ2) is 12.9. The molecule has 0 spiro atoms. The minimum Gasteiger partial charge on any atom is -0.480 e. The van der Waals surface area contributed by atoms with Crippen LogP contribution in [0.2, 0.25) is 0 Å². The summed E-state index contributed by atoms with van der Waals surface area (Å²) < 4.78 is 6.34. The number of carboxylic acids is 1. The van der Waals surface area contributed by atoms with Crippen LogP contribution in [0, 0.1) is 17.8 Å². The van der Waals surface area contributed by atoms with E-state index < -0.39 is 5.97 Å². The average molecular weight is 544 g/mol. The summed E-state index contributed by atoms with van der Waals surface area (Å²) in [5.41, 5.74) is 2.61. The van der Waals surface area contributed by atoms with Crippen LogP contribution in [-0.4, -0.2) is 78.2 Å². The van der Waals surface area contributed by atoms with Crippen LogP contribution in [0.1, 0.15) is 62.0 Å². The highest BCUT2D eigenvalue weighted by Gasteiger charge is 2.43. The second-order valence-electron chi connectivity index (χ2n) is 12.6. The Morgan fingerprint density at radius 3 is 2.33 bits per heavy atom. The number of rotatable bonds is 9. The molecule has 1 aliphatic carbocycles. The molecular formula is C34H45N3O3. The van der Waals surface area contributed by atoms with Gasteiger partial charge >= 0.3 is 5.97 Å². The summed E-state index contributed by atoms with van der Waals surface area (Å²) in [5, 5.41) is 10.3. The molecule has 4 aliphatic rings. The molecule has 4 unspecified atom stereocenters. The van der Waals surface area contributed by atoms with Gasteiger partial charge in [0.05, 0.1) is 6.54 Å². The van der Waals surface area contributed by atoms with Crippen molar-refractivity contribution in [2.24, 2.45) is 22.7 Å². The number of carboxylic acid groups (broad SMARTS) is 1.